The molecule has 0 amide bonds. The minimum absolute atomic E-state index is 0.308. The predicted molar refractivity (Wildman–Crippen MR) is 43.9 cm³/mol. The van der Waals surface area contributed by atoms with Crippen LogP contribution in [0.25, 0.3) is 10.9 Å². The number of fused-ring (bicyclic) bond motifs is 1. The lowest BCUT2D eigenvalue weighted by molar-refractivity contribution is 0.173. The van der Waals surface area contributed by atoms with Gasteiger partial charge in [0, 0.05) is 5.39 Å². The fraction of sp³-hybridized carbons (Fsp3) is 0.111. The van der Waals surface area contributed by atoms with Crippen molar-refractivity contribution in [1.82, 2.24) is 10.2 Å². The number of aromatic nitrogens is 2. The lowest BCUT2D eigenvalue weighted by Gasteiger charge is -1.96. The number of benzene rings is 1. The first-order chi connectivity index (χ1) is 5.90. The summed E-state index contributed by atoms with van der Waals surface area (Å²) in [4.78, 5) is 0. The Kier molecular flexibility index (Phi) is 1.72. The molecule has 1 heterocycles. The van der Waals surface area contributed by atoms with Crippen LogP contribution in [0.15, 0.2) is 30.3 Å². The minimum Gasteiger partial charge on any atom is -0.230 e. The van der Waals surface area contributed by atoms with E-state index in [1.54, 1.807) is 6.07 Å². The van der Waals surface area contributed by atoms with Crippen LogP contribution in [-0.2, 0) is 11.7 Å². The van der Waals surface area contributed by atoms with Crippen LogP contribution in [-0.4, -0.2) is 10.2 Å². The second kappa shape index (κ2) is 2.87. The molecule has 1 aromatic heterocycles. The van der Waals surface area contributed by atoms with Crippen LogP contribution in [0.3, 0.4) is 0 Å². The van der Waals surface area contributed by atoms with Gasteiger partial charge < -0.3 is 0 Å². The Bertz CT molecular complexity index is 400. The molecule has 3 heteroatoms. The van der Waals surface area contributed by atoms with Gasteiger partial charge in [0.2, 0.25) is 0 Å². The summed E-state index contributed by atoms with van der Waals surface area (Å²) in [6.45, 7) is -0.308. The first-order valence-corrected chi connectivity index (χ1v) is 3.69. The molecule has 0 unspecified atom stereocenters. The summed E-state index contributed by atoms with van der Waals surface area (Å²) < 4.78 is 0. The first kappa shape index (κ1) is 7.18. The van der Waals surface area contributed by atoms with Crippen LogP contribution in [0.1, 0.15) is 5.69 Å². The highest BCUT2D eigenvalue weighted by atomic mass is 16.3. The van der Waals surface area contributed by atoms with Gasteiger partial charge in [-0.15, -0.1) is 0 Å². The van der Waals surface area contributed by atoms with Crippen molar-refractivity contribution in [2.45, 2.75) is 6.61 Å². The normalized spacial score (nSPS) is 10.4. The lowest BCUT2D eigenvalue weighted by atomic mass is 10.2. The van der Waals surface area contributed by atoms with Crippen molar-refractivity contribution in [3.05, 3.63) is 36.0 Å². The van der Waals surface area contributed by atoms with Crippen molar-refractivity contribution in [3.8, 4) is 0 Å². The fourth-order valence-corrected chi connectivity index (χ4v) is 1.10. The lowest BCUT2D eigenvalue weighted by Crippen LogP contribution is -1.91. The third-order valence-corrected chi connectivity index (χ3v) is 1.69. The highest BCUT2D eigenvalue weighted by Gasteiger charge is 1.96. The number of nitrogens with zero attached hydrogens (tertiary/aromatic N) is 2. The number of hydrogen-bond acceptors (Lipinski definition) is 2. The zero-order valence-electron chi connectivity index (χ0n) is 6.40. The molecule has 1 radical (unpaired) electrons. The van der Waals surface area contributed by atoms with Crippen LogP contribution in [0, 0.1) is 0 Å². The minimum atomic E-state index is -0.308. The molecule has 0 aliphatic heterocycles. The molecule has 59 valence electrons. The average molecular weight is 159 g/mol. The molecule has 0 fully saturated rings. The van der Waals surface area contributed by atoms with Crippen LogP contribution in [0.5, 0.6) is 0 Å². The Morgan fingerprint density at radius 3 is 2.83 bits per heavy atom. The SMILES string of the molecule is [O]Cc1cc2ccccc2nn1. The van der Waals surface area contributed by atoms with Crippen molar-refractivity contribution in [2.75, 3.05) is 0 Å². The second-order valence-corrected chi connectivity index (χ2v) is 2.54. The molecule has 0 bridgehead atoms. The average Bonchev–Trinajstić information content (AvgIpc) is 2.17. The van der Waals surface area contributed by atoms with E-state index in [1.807, 2.05) is 24.3 Å². The summed E-state index contributed by atoms with van der Waals surface area (Å²) >= 11 is 0. The Labute approximate surface area is 69.7 Å². The summed E-state index contributed by atoms with van der Waals surface area (Å²) in [5, 5.41) is 19.1. The van der Waals surface area contributed by atoms with Crippen LogP contribution >= 0.6 is 0 Å². The van der Waals surface area contributed by atoms with E-state index in [0.717, 1.165) is 10.9 Å². The van der Waals surface area contributed by atoms with Gasteiger partial charge in [0.1, 0.15) is 6.61 Å². The van der Waals surface area contributed by atoms with Crippen molar-refractivity contribution in [1.29, 1.82) is 0 Å². The highest BCUT2D eigenvalue weighted by Crippen LogP contribution is 2.10. The van der Waals surface area contributed by atoms with E-state index in [1.165, 1.54) is 0 Å². The molecule has 0 saturated carbocycles. The molecular formula is C9H7N2O. The predicted octanol–water partition coefficient (Wildman–Crippen LogP) is 1.56. The zero-order valence-corrected chi connectivity index (χ0v) is 6.40. The van der Waals surface area contributed by atoms with E-state index < -0.39 is 0 Å². The Hall–Kier alpha value is -1.48. The molecule has 3 nitrogen and oxygen atoms in total. The zero-order chi connectivity index (χ0) is 8.39. The molecule has 0 N–H and O–H groups in total. The fourth-order valence-electron chi connectivity index (χ4n) is 1.10. The van der Waals surface area contributed by atoms with Gasteiger partial charge in [0.15, 0.2) is 0 Å². The van der Waals surface area contributed by atoms with E-state index in [2.05, 4.69) is 10.2 Å². The molecule has 0 aliphatic rings. The Morgan fingerprint density at radius 2 is 2.00 bits per heavy atom. The highest BCUT2D eigenvalue weighted by molar-refractivity contribution is 5.77. The van der Waals surface area contributed by atoms with Gasteiger partial charge in [0.25, 0.3) is 0 Å². The first-order valence-electron chi connectivity index (χ1n) is 3.69. The van der Waals surface area contributed by atoms with E-state index in [0.29, 0.717) is 5.69 Å². The van der Waals surface area contributed by atoms with Gasteiger partial charge in [-0.2, -0.15) is 10.2 Å². The molecule has 0 saturated heterocycles. The smallest absolute Gasteiger partial charge is 0.126 e. The van der Waals surface area contributed by atoms with Crippen molar-refractivity contribution < 1.29 is 5.11 Å². The van der Waals surface area contributed by atoms with E-state index in [4.69, 9.17) is 0 Å². The summed E-state index contributed by atoms with van der Waals surface area (Å²) in [5.74, 6) is 0. The van der Waals surface area contributed by atoms with Gasteiger partial charge in [-0.05, 0) is 12.1 Å². The maximum Gasteiger partial charge on any atom is 0.126 e. The largest absolute Gasteiger partial charge is 0.230 e. The maximum atomic E-state index is 10.5. The molecule has 0 spiro atoms. The van der Waals surface area contributed by atoms with Gasteiger partial charge in [-0.3, -0.25) is 0 Å². The summed E-state index contributed by atoms with van der Waals surface area (Å²) in [6.07, 6.45) is 0. The molecular weight excluding hydrogens is 152 g/mol. The van der Waals surface area contributed by atoms with E-state index >= 15 is 0 Å². The molecule has 2 rings (SSSR count). The van der Waals surface area contributed by atoms with Crippen molar-refractivity contribution in [3.63, 3.8) is 0 Å². The molecule has 12 heavy (non-hydrogen) atoms. The maximum absolute atomic E-state index is 10.5. The quantitative estimate of drug-likeness (QED) is 0.633. The van der Waals surface area contributed by atoms with Crippen molar-refractivity contribution >= 4 is 10.9 Å². The van der Waals surface area contributed by atoms with Gasteiger partial charge in [-0.25, -0.2) is 5.11 Å². The Morgan fingerprint density at radius 1 is 1.17 bits per heavy atom. The topological polar surface area (TPSA) is 45.7 Å². The third kappa shape index (κ3) is 1.14. The molecule has 1 aromatic carbocycles. The third-order valence-electron chi connectivity index (χ3n) is 1.69. The van der Waals surface area contributed by atoms with Crippen molar-refractivity contribution in [2.24, 2.45) is 0 Å². The van der Waals surface area contributed by atoms with Gasteiger partial charge >= 0.3 is 0 Å². The molecule has 0 aliphatic carbocycles. The summed E-state index contributed by atoms with van der Waals surface area (Å²) in [7, 11) is 0. The van der Waals surface area contributed by atoms with Crippen LogP contribution in [0.4, 0.5) is 0 Å². The standard InChI is InChI=1S/C9H7N2O/c12-6-8-5-7-3-1-2-4-9(7)11-10-8/h1-5H,6H2. The van der Waals surface area contributed by atoms with Crippen LogP contribution in [0.2, 0.25) is 0 Å². The second-order valence-electron chi connectivity index (χ2n) is 2.54. The van der Waals surface area contributed by atoms with Crippen LogP contribution < -0.4 is 0 Å². The van der Waals surface area contributed by atoms with Gasteiger partial charge in [-0.1, -0.05) is 18.2 Å². The Balaban J connectivity index is 2.67. The summed E-state index contributed by atoms with van der Waals surface area (Å²) in [5.41, 5.74) is 1.32. The van der Waals surface area contributed by atoms with E-state index in [9.17, 15) is 5.11 Å². The summed E-state index contributed by atoms with van der Waals surface area (Å²) in [6, 6.07) is 9.38. The number of rotatable bonds is 1. The molecule has 2 aromatic rings. The van der Waals surface area contributed by atoms with E-state index in [-0.39, 0.29) is 6.61 Å². The van der Waals surface area contributed by atoms with Gasteiger partial charge in [0.05, 0.1) is 11.2 Å². The monoisotopic (exact) mass is 159 g/mol. The molecule has 0 atom stereocenters. The number of hydrogen-bond donors (Lipinski definition) is 0.